The molecule has 0 spiro atoms. The van der Waals surface area contributed by atoms with Crippen molar-refractivity contribution in [3.05, 3.63) is 123 Å². The minimum atomic E-state index is -0.446. The molecular formula is C29H32NiP+. The Morgan fingerprint density at radius 2 is 1.03 bits per heavy atom. The Bertz CT molecular complexity index is 840. The third-order valence-corrected chi connectivity index (χ3v) is 8.40. The van der Waals surface area contributed by atoms with Crippen molar-refractivity contribution in [3.63, 3.8) is 0 Å². The minimum Gasteiger partial charge on any atom is -0.358 e. The molecule has 1 saturated carbocycles. The number of hydrogen-bond donors (Lipinski definition) is 0. The number of fused-ring (bicyclic) bond motifs is 1. The molecule has 0 nitrogen and oxygen atoms in total. The van der Waals surface area contributed by atoms with Crippen LogP contribution in [0.25, 0.3) is 0 Å². The van der Waals surface area contributed by atoms with Crippen LogP contribution in [0.1, 0.15) is 19.8 Å². The molecule has 1 fully saturated rings. The van der Waals surface area contributed by atoms with Gasteiger partial charge in [0.15, 0.2) is 0 Å². The second-order valence-electron chi connectivity index (χ2n) is 7.91. The Morgan fingerprint density at radius 1 is 0.613 bits per heavy atom. The molecule has 3 aromatic carbocycles. The predicted octanol–water partition coefficient (Wildman–Crippen LogP) is 6.67. The van der Waals surface area contributed by atoms with Crippen LogP contribution in [0.4, 0.5) is 0 Å². The van der Waals surface area contributed by atoms with E-state index in [1.165, 1.54) is 28.8 Å². The topological polar surface area (TPSA) is 0 Å². The van der Waals surface area contributed by atoms with Crippen LogP contribution in [0.3, 0.4) is 0 Å². The van der Waals surface area contributed by atoms with Gasteiger partial charge in [-0.3, -0.25) is 0 Å². The third-order valence-electron chi connectivity index (χ3n) is 5.95. The summed E-state index contributed by atoms with van der Waals surface area (Å²) in [5, 5.41) is 4.19. The van der Waals surface area contributed by atoms with Gasteiger partial charge in [0.2, 0.25) is 0 Å². The van der Waals surface area contributed by atoms with Crippen molar-refractivity contribution in [1.29, 1.82) is 0 Å². The summed E-state index contributed by atoms with van der Waals surface area (Å²) in [5.41, 5.74) is 0. The molecule has 0 amide bonds. The van der Waals surface area contributed by atoms with E-state index in [2.05, 4.69) is 122 Å². The molecule has 31 heavy (non-hydrogen) atoms. The first-order valence-electron chi connectivity index (χ1n) is 10.6. The normalized spacial score (nSPS) is 20.6. The molecule has 3 aromatic rings. The Morgan fingerprint density at radius 3 is 1.45 bits per heavy atom. The monoisotopic (exact) mass is 469 g/mol. The van der Waals surface area contributed by atoms with E-state index in [-0.39, 0.29) is 23.9 Å². The molecule has 0 radical (unpaired) electrons. The molecular weight excluding hydrogens is 438 g/mol. The van der Waals surface area contributed by atoms with Gasteiger partial charge in [0.1, 0.15) is 0 Å². The molecule has 0 aromatic heterocycles. The molecule has 0 bridgehead atoms. The average molecular weight is 470 g/mol. The summed E-state index contributed by atoms with van der Waals surface area (Å²) in [5.74, 6) is 2.66. The molecule has 3 unspecified atom stereocenters. The zero-order valence-electron chi connectivity index (χ0n) is 18.4. The predicted molar refractivity (Wildman–Crippen MR) is 135 cm³/mol. The molecule has 162 valence electrons. The maximum atomic E-state index is 2.38. The van der Waals surface area contributed by atoms with Crippen molar-refractivity contribution < 1.29 is 16.5 Å². The fourth-order valence-corrected chi connectivity index (χ4v) is 6.70. The van der Waals surface area contributed by atoms with Crippen molar-refractivity contribution in [2.45, 2.75) is 19.8 Å². The van der Waals surface area contributed by atoms with Crippen LogP contribution in [0.5, 0.6) is 0 Å². The fraction of sp³-hybridized carbons (Fsp3) is 0.207. The van der Waals surface area contributed by atoms with Crippen LogP contribution in [-0.4, -0.2) is 0 Å². The van der Waals surface area contributed by atoms with Gasteiger partial charge in [0, 0.05) is 0 Å². The summed E-state index contributed by atoms with van der Waals surface area (Å²) in [4.78, 5) is 0. The van der Waals surface area contributed by atoms with E-state index in [1.54, 1.807) is 0 Å². The Kier molecular flexibility index (Phi) is 10.5. The largest absolute Gasteiger partial charge is 2.00 e. The van der Waals surface area contributed by atoms with Crippen molar-refractivity contribution in [2.24, 2.45) is 17.8 Å². The standard InChI is InChI=1S/C18H15P.C10H14.CH3.Ni/c1-4-10-16(11-5-1)19(17-12-6-2-7-13-17)18-14-8-3-9-15-18;1-8-6-7-9-4-2-3-5-10(8)9;;/h1-15H;2-5,8-10H,6-7H2,1H3;1H3;/q;;-1;+2. The van der Waals surface area contributed by atoms with E-state index in [0.717, 1.165) is 17.8 Å². The summed E-state index contributed by atoms with van der Waals surface area (Å²) >= 11 is 0. The van der Waals surface area contributed by atoms with Gasteiger partial charge in [0.05, 0.1) is 0 Å². The van der Waals surface area contributed by atoms with Crippen LogP contribution in [0.15, 0.2) is 115 Å². The Balaban J connectivity index is 0.000000243. The van der Waals surface area contributed by atoms with Gasteiger partial charge in [0.25, 0.3) is 0 Å². The van der Waals surface area contributed by atoms with Crippen molar-refractivity contribution >= 4 is 23.8 Å². The first-order chi connectivity index (χ1) is 14.3. The van der Waals surface area contributed by atoms with Gasteiger partial charge in [-0.15, -0.1) is 0 Å². The number of benzene rings is 3. The van der Waals surface area contributed by atoms with E-state index < -0.39 is 7.92 Å². The molecule has 5 rings (SSSR count). The van der Waals surface area contributed by atoms with E-state index in [4.69, 9.17) is 0 Å². The van der Waals surface area contributed by atoms with Gasteiger partial charge in [-0.25, -0.2) is 0 Å². The number of rotatable bonds is 3. The molecule has 0 heterocycles. The molecule has 2 heteroatoms. The average Bonchev–Trinajstić information content (AvgIpc) is 3.18. The molecule has 2 aliphatic rings. The molecule has 0 saturated heterocycles. The van der Waals surface area contributed by atoms with Gasteiger partial charge in [-0.05, 0) is 54.4 Å². The first kappa shape index (κ1) is 25.3. The molecule has 0 aliphatic heterocycles. The summed E-state index contributed by atoms with van der Waals surface area (Å²) in [6, 6.07) is 32.3. The van der Waals surface area contributed by atoms with Crippen LogP contribution >= 0.6 is 7.92 Å². The van der Waals surface area contributed by atoms with Gasteiger partial charge >= 0.3 is 16.5 Å². The second kappa shape index (κ2) is 12.8. The molecule has 2 aliphatic carbocycles. The van der Waals surface area contributed by atoms with Gasteiger partial charge < -0.3 is 7.43 Å². The van der Waals surface area contributed by atoms with Gasteiger partial charge in [-0.1, -0.05) is 122 Å². The third kappa shape index (κ3) is 6.52. The maximum Gasteiger partial charge on any atom is 2.00 e. The molecule has 0 N–H and O–H groups in total. The summed E-state index contributed by atoms with van der Waals surface area (Å²) in [7, 11) is -0.446. The van der Waals surface area contributed by atoms with Crippen LogP contribution in [0, 0.1) is 25.2 Å². The first-order valence-corrected chi connectivity index (χ1v) is 12.0. The van der Waals surface area contributed by atoms with Crippen molar-refractivity contribution in [1.82, 2.24) is 0 Å². The van der Waals surface area contributed by atoms with Gasteiger partial charge in [-0.2, -0.15) is 0 Å². The van der Waals surface area contributed by atoms with E-state index in [9.17, 15) is 0 Å². The summed E-state index contributed by atoms with van der Waals surface area (Å²) < 4.78 is 0. The van der Waals surface area contributed by atoms with Crippen LogP contribution in [-0.2, 0) is 16.5 Å². The quantitative estimate of drug-likeness (QED) is 0.228. The SMILES string of the molecule is CC1CCC2C=CC=CC12.[CH3-].[Ni+2].c1ccc(P(c2ccccc2)c2ccccc2)cc1. The summed E-state index contributed by atoms with van der Waals surface area (Å²) in [6.45, 7) is 2.37. The van der Waals surface area contributed by atoms with E-state index in [0.29, 0.717) is 0 Å². The zero-order chi connectivity index (χ0) is 19.9. The molecule has 3 atom stereocenters. The Labute approximate surface area is 200 Å². The zero-order valence-corrected chi connectivity index (χ0v) is 20.3. The smallest absolute Gasteiger partial charge is 0.358 e. The van der Waals surface area contributed by atoms with Crippen LogP contribution < -0.4 is 15.9 Å². The Hall–Kier alpha value is -1.94. The number of allylic oxidation sites excluding steroid dienone is 4. The van der Waals surface area contributed by atoms with E-state index >= 15 is 0 Å². The fourth-order valence-electron chi connectivity index (χ4n) is 4.40. The summed E-state index contributed by atoms with van der Waals surface area (Å²) in [6.07, 6.45) is 12.0. The van der Waals surface area contributed by atoms with E-state index in [1.807, 2.05) is 0 Å². The second-order valence-corrected chi connectivity index (χ2v) is 10.1. The maximum absolute atomic E-state index is 2.38. The van der Waals surface area contributed by atoms with Crippen molar-refractivity contribution in [3.8, 4) is 0 Å². The van der Waals surface area contributed by atoms with Crippen LogP contribution in [0.2, 0.25) is 0 Å². The number of hydrogen-bond acceptors (Lipinski definition) is 0. The minimum absolute atomic E-state index is 0. The van der Waals surface area contributed by atoms with Crippen molar-refractivity contribution in [2.75, 3.05) is 0 Å².